The summed E-state index contributed by atoms with van der Waals surface area (Å²) in [5.74, 6) is 0.756. The molecule has 0 fully saturated rings. The van der Waals surface area contributed by atoms with Crippen LogP contribution >= 0.6 is 50.7 Å². The van der Waals surface area contributed by atoms with Crippen molar-refractivity contribution in [3.63, 3.8) is 0 Å². The summed E-state index contributed by atoms with van der Waals surface area (Å²) in [7, 11) is 0. The van der Waals surface area contributed by atoms with Gasteiger partial charge >= 0.3 is 0 Å². The van der Waals surface area contributed by atoms with Gasteiger partial charge in [-0.25, -0.2) is 0 Å². The summed E-state index contributed by atoms with van der Waals surface area (Å²) in [4.78, 5) is 0. The molecule has 3 rings (SSSR count). The molecule has 3 aromatic carbocycles. The van der Waals surface area contributed by atoms with Crippen LogP contribution in [0, 0.1) is 0 Å². The Morgan fingerprint density at radius 1 is 0.846 bits per heavy atom. The molecule has 6 heteroatoms. The summed E-state index contributed by atoms with van der Waals surface area (Å²) < 4.78 is 6.75. The van der Waals surface area contributed by atoms with Crippen molar-refractivity contribution in [3.05, 3.63) is 91.3 Å². The van der Waals surface area contributed by atoms with Crippen LogP contribution in [0.15, 0.2) is 65.1 Å². The molecule has 0 saturated carbocycles. The zero-order valence-corrected chi connectivity index (χ0v) is 17.5. The number of ether oxygens (including phenoxy) is 1. The largest absolute Gasteiger partial charge is 0.488 e. The summed E-state index contributed by atoms with van der Waals surface area (Å²) in [6, 6.07) is 19.0. The van der Waals surface area contributed by atoms with E-state index in [0.29, 0.717) is 23.2 Å². The van der Waals surface area contributed by atoms with E-state index in [4.69, 9.17) is 39.5 Å². The van der Waals surface area contributed by atoms with Crippen LogP contribution in [0.1, 0.15) is 11.1 Å². The molecule has 0 atom stereocenters. The van der Waals surface area contributed by atoms with Crippen molar-refractivity contribution in [1.29, 1.82) is 0 Å². The Morgan fingerprint density at radius 3 is 2.27 bits per heavy atom. The molecule has 3 aromatic rings. The van der Waals surface area contributed by atoms with Gasteiger partial charge in [0.1, 0.15) is 12.4 Å². The van der Waals surface area contributed by atoms with Gasteiger partial charge < -0.3 is 10.1 Å². The minimum Gasteiger partial charge on any atom is -0.488 e. The number of hydrogen-bond acceptors (Lipinski definition) is 2. The van der Waals surface area contributed by atoms with Crippen LogP contribution in [-0.4, -0.2) is 0 Å². The molecule has 0 spiro atoms. The normalized spacial score (nSPS) is 10.6. The van der Waals surface area contributed by atoms with E-state index in [1.807, 2.05) is 48.5 Å². The third-order valence-electron chi connectivity index (χ3n) is 3.74. The molecule has 0 aliphatic rings. The monoisotopic (exact) mass is 469 g/mol. The van der Waals surface area contributed by atoms with Crippen molar-refractivity contribution in [2.75, 3.05) is 5.32 Å². The van der Waals surface area contributed by atoms with Gasteiger partial charge in [0.05, 0.1) is 4.47 Å². The second-order valence-electron chi connectivity index (χ2n) is 5.65. The second-order valence-corrected chi connectivity index (χ2v) is 7.78. The first-order chi connectivity index (χ1) is 12.5. The van der Waals surface area contributed by atoms with E-state index in [1.54, 1.807) is 12.1 Å². The first kappa shape index (κ1) is 19.4. The number of halogens is 4. The Morgan fingerprint density at radius 2 is 1.58 bits per heavy atom. The Kier molecular flexibility index (Phi) is 6.71. The van der Waals surface area contributed by atoms with Crippen molar-refractivity contribution >= 4 is 56.4 Å². The third kappa shape index (κ3) is 5.31. The molecule has 0 aliphatic carbocycles. The summed E-state index contributed by atoms with van der Waals surface area (Å²) in [5.41, 5.74) is 3.03. The zero-order chi connectivity index (χ0) is 18.5. The minimum absolute atomic E-state index is 0.372. The SMILES string of the molecule is Clc1ccc(NCc2ccc(OCc3ccc(Cl)cc3Cl)c(Br)c2)cc1. The topological polar surface area (TPSA) is 21.3 Å². The second kappa shape index (κ2) is 9.01. The lowest BCUT2D eigenvalue weighted by atomic mass is 10.2. The van der Waals surface area contributed by atoms with E-state index in [-0.39, 0.29) is 0 Å². The average Bonchev–Trinajstić information content (AvgIpc) is 2.62. The predicted octanol–water partition coefficient (Wildman–Crippen LogP) is 7.60. The van der Waals surface area contributed by atoms with Gasteiger partial charge in [-0.15, -0.1) is 0 Å². The lowest BCUT2D eigenvalue weighted by Crippen LogP contribution is -2.01. The average molecular weight is 472 g/mol. The predicted molar refractivity (Wildman–Crippen MR) is 114 cm³/mol. The fraction of sp³-hybridized carbons (Fsp3) is 0.100. The molecule has 2 nitrogen and oxygen atoms in total. The van der Waals surface area contributed by atoms with E-state index < -0.39 is 0 Å². The van der Waals surface area contributed by atoms with Gasteiger partial charge in [-0.05, 0) is 70.0 Å². The maximum Gasteiger partial charge on any atom is 0.134 e. The number of nitrogens with one attached hydrogen (secondary N) is 1. The van der Waals surface area contributed by atoms with Gasteiger partial charge in [0.15, 0.2) is 0 Å². The molecule has 0 unspecified atom stereocenters. The van der Waals surface area contributed by atoms with Crippen LogP contribution in [0.3, 0.4) is 0 Å². The highest BCUT2D eigenvalue weighted by Gasteiger charge is 2.06. The molecule has 26 heavy (non-hydrogen) atoms. The molecular weight excluding hydrogens is 456 g/mol. The molecule has 0 aromatic heterocycles. The Bertz CT molecular complexity index is 900. The van der Waals surface area contributed by atoms with E-state index in [2.05, 4.69) is 21.2 Å². The lowest BCUT2D eigenvalue weighted by Gasteiger charge is -2.12. The van der Waals surface area contributed by atoms with Crippen LogP contribution in [-0.2, 0) is 13.2 Å². The van der Waals surface area contributed by atoms with Gasteiger partial charge in [0.25, 0.3) is 0 Å². The molecule has 0 saturated heterocycles. The van der Waals surface area contributed by atoms with Crippen LogP contribution in [0.5, 0.6) is 5.75 Å². The summed E-state index contributed by atoms with van der Waals surface area (Å²) in [6.45, 7) is 1.07. The molecule has 0 bridgehead atoms. The highest BCUT2D eigenvalue weighted by atomic mass is 79.9. The van der Waals surface area contributed by atoms with Crippen molar-refractivity contribution in [2.45, 2.75) is 13.2 Å². The van der Waals surface area contributed by atoms with Crippen LogP contribution < -0.4 is 10.1 Å². The van der Waals surface area contributed by atoms with Crippen molar-refractivity contribution in [2.24, 2.45) is 0 Å². The molecular formula is C20H15BrCl3NO. The van der Waals surface area contributed by atoms with Gasteiger partial charge in [0, 0.05) is 32.9 Å². The van der Waals surface area contributed by atoms with Gasteiger partial charge in [-0.3, -0.25) is 0 Å². The fourth-order valence-electron chi connectivity index (χ4n) is 2.34. The molecule has 0 heterocycles. The van der Waals surface area contributed by atoms with Crippen molar-refractivity contribution < 1.29 is 4.74 Å². The quantitative estimate of drug-likeness (QED) is 0.400. The van der Waals surface area contributed by atoms with Gasteiger partial charge in [-0.2, -0.15) is 0 Å². The van der Waals surface area contributed by atoms with E-state index >= 15 is 0 Å². The van der Waals surface area contributed by atoms with Gasteiger partial charge in [0.2, 0.25) is 0 Å². The third-order valence-corrected chi connectivity index (χ3v) is 5.19. The van der Waals surface area contributed by atoms with Gasteiger partial charge in [-0.1, -0.05) is 46.9 Å². The Balaban J connectivity index is 1.60. The molecule has 0 aliphatic heterocycles. The standard InChI is InChI=1S/C20H15BrCl3NO/c21-18-9-13(11-25-17-6-4-15(22)5-7-17)1-8-20(18)26-12-14-2-3-16(23)10-19(14)24/h1-10,25H,11-12H2. The summed E-state index contributed by atoms with van der Waals surface area (Å²) >= 11 is 21.5. The molecule has 0 radical (unpaired) electrons. The maximum atomic E-state index is 6.18. The Hall–Kier alpha value is -1.39. The number of anilines is 1. The highest BCUT2D eigenvalue weighted by molar-refractivity contribution is 9.10. The van der Waals surface area contributed by atoms with Crippen LogP contribution in [0.2, 0.25) is 15.1 Å². The van der Waals surface area contributed by atoms with Crippen LogP contribution in [0.4, 0.5) is 5.69 Å². The van der Waals surface area contributed by atoms with Crippen molar-refractivity contribution in [3.8, 4) is 5.75 Å². The number of rotatable bonds is 6. The first-order valence-electron chi connectivity index (χ1n) is 7.86. The summed E-state index contributed by atoms with van der Waals surface area (Å²) in [5, 5.41) is 5.28. The number of benzene rings is 3. The number of hydrogen-bond donors (Lipinski definition) is 1. The molecule has 1 N–H and O–H groups in total. The smallest absolute Gasteiger partial charge is 0.134 e. The van der Waals surface area contributed by atoms with Crippen molar-refractivity contribution in [1.82, 2.24) is 0 Å². The fourth-order valence-corrected chi connectivity index (χ4v) is 3.47. The van der Waals surface area contributed by atoms with E-state index in [9.17, 15) is 0 Å². The molecule has 0 amide bonds. The minimum atomic E-state index is 0.372. The highest BCUT2D eigenvalue weighted by Crippen LogP contribution is 2.29. The zero-order valence-electron chi connectivity index (χ0n) is 13.6. The molecule has 134 valence electrons. The first-order valence-corrected chi connectivity index (χ1v) is 9.78. The van der Waals surface area contributed by atoms with Crippen LogP contribution in [0.25, 0.3) is 0 Å². The summed E-state index contributed by atoms with van der Waals surface area (Å²) in [6.07, 6.45) is 0. The van der Waals surface area contributed by atoms with E-state index in [1.165, 1.54) is 0 Å². The maximum absolute atomic E-state index is 6.18. The van der Waals surface area contributed by atoms with E-state index in [0.717, 1.165) is 32.1 Å². The Labute approximate surface area is 176 Å². The lowest BCUT2D eigenvalue weighted by molar-refractivity contribution is 0.304.